The summed E-state index contributed by atoms with van der Waals surface area (Å²) in [6.07, 6.45) is 3.93. The maximum atomic E-state index is 14.4. The molecule has 24 heavy (non-hydrogen) atoms. The summed E-state index contributed by atoms with van der Waals surface area (Å²) in [4.78, 5) is 7.66. The zero-order valence-electron chi connectivity index (χ0n) is 13.1. The van der Waals surface area contributed by atoms with Gasteiger partial charge in [0.15, 0.2) is 15.7 Å². The zero-order chi connectivity index (χ0) is 17.9. The van der Waals surface area contributed by atoms with E-state index in [-0.39, 0.29) is 28.4 Å². The lowest BCUT2D eigenvalue weighted by Crippen LogP contribution is -2.17. The van der Waals surface area contributed by atoms with Gasteiger partial charge in [0.2, 0.25) is 0 Å². The molecule has 0 aliphatic heterocycles. The van der Waals surface area contributed by atoms with Gasteiger partial charge < -0.3 is 10.4 Å². The number of nitrogens with zero attached hydrogens (tertiary/aromatic N) is 2. The van der Waals surface area contributed by atoms with Crippen molar-refractivity contribution in [1.82, 2.24) is 9.97 Å². The predicted octanol–water partition coefficient (Wildman–Crippen LogP) is 2.52. The molecule has 0 unspecified atom stereocenters. The minimum Gasteiger partial charge on any atom is -0.396 e. The summed E-state index contributed by atoms with van der Waals surface area (Å²) in [6.45, 7) is 1.85. The molecule has 9 heteroatoms. The highest BCUT2D eigenvalue weighted by atomic mass is 35.5. The Morgan fingerprint density at radius 3 is 2.62 bits per heavy atom. The van der Waals surface area contributed by atoms with Crippen molar-refractivity contribution in [3.05, 3.63) is 35.5 Å². The number of hydrogen-bond acceptors (Lipinski definition) is 6. The zero-order valence-corrected chi connectivity index (χ0v) is 14.7. The third kappa shape index (κ3) is 4.40. The molecular formula is C15H17ClFN3O3S. The van der Waals surface area contributed by atoms with Crippen LogP contribution in [0.5, 0.6) is 0 Å². The fourth-order valence-corrected chi connectivity index (χ4v) is 2.81. The molecular weight excluding hydrogens is 357 g/mol. The molecule has 2 N–H and O–H groups in total. The van der Waals surface area contributed by atoms with E-state index < -0.39 is 15.7 Å². The van der Waals surface area contributed by atoms with Crippen molar-refractivity contribution in [3.63, 3.8) is 0 Å². The number of aliphatic hydroxyl groups is 1. The van der Waals surface area contributed by atoms with Crippen molar-refractivity contribution in [2.45, 2.75) is 24.3 Å². The largest absolute Gasteiger partial charge is 0.396 e. The van der Waals surface area contributed by atoms with Gasteiger partial charge >= 0.3 is 0 Å². The first-order chi connectivity index (χ1) is 11.2. The Kier molecular flexibility index (Phi) is 5.74. The second kappa shape index (κ2) is 7.42. The van der Waals surface area contributed by atoms with Crippen molar-refractivity contribution in [1.29, 1.82) is 0 Å². The molecule has 0 aliphatic rings. The standard InChI is InChI=1S/C15H17ClFN3O3S/c1-9(3-4-21)20-13-6-14(16)18-8-11(13)15-12(17)5-10(7-19-15)24(2,22)23/h5-9,21H,3-4H2,1-2H3,(H,18,20)/t9-/m0/s1. The van der Waals surface area contributed by atoms with E-state index in [0.717, 1.165) is 18.5 Å². The van der Waals surface area contributed by atoms with Crippen molar-refractivity contribution in [3.8, 4) is 11.3 Å². The van der Waals surface area contributed by atoms with Gasteiger partial charge in [-0.3, -0.25) is 4.98 Å². The molecule has 2 aromatic rings. The van der Waals surface area contributed by atoms with Crippen LogP contribution in [0.4, 0.5) is 10.1 Å². The van der Waals surface area contributed by atoms with Gasteiger partial charge in [-0.05, 0) is 25.5 Å². The quantitative estimate of drug-likeness (QED) is 0.756. The Morgan fingerprint density at radius 2 is 2.04 bits per heavy atom. The molecule has 0 aliphatic carbocycles. The van der Waals surface area contributed by atoms with Crippen molar-refractivity contribution in [2.24, 2.45) is 0 Å². The lowest BCUT2D eigenvalue weighted by molar-refractivity contribution is 0.282. The number of anilines is 1. The molecule has 130 valence electrons. The van der Waals surface area contributed by atoms with E-state index in [9.17, 15) is 12.8 Å². The Bertz CT molecular complexity index is 846. The number of pyridine rings is 2. The summed E-state index contributed by atoms with van der Waals surface area (Å²) >= 11 is 5.90. The van der Waals surface area contributed by atoms with Gasteiger partial charge in [0.1, 0.15) is 10.8 Å². The van der Waals surface area contributed by atoms with Gasteiger partial charge in [-0.1, -0.05) is 11.6 Å². The number of hydrogen-bond donors (Lipinski definition) is 2. The lowest BCUT2D eigenvalue weighted by atomic mass is 10.1. The summed E-state index contributed by atoms with van der Waals surface area (Å²) in [6, 6.07) is 2.36. The van der Waals surface area contributed by atoms with Crippen LogP contribution in [-0.4, -0.2) is 42.4 Å². The van der Waals surface area contributed by atoms with E-state index in [1.807, 2.05) is 6.92 Å². The van der Waals surface area contributed by atoms with E-state index in [0.29, 0.717) is 17.7 Å². The first-order valence-corrected chi connectivity index (χ1v) is 9.38. The molecule has 0 aromatic carbocycles. The van der Waals surface area contributed by atoms with E-state index in [2.05, 4.69) is 15.3 Å². The molecule has 2 heterocycles. The average Bonchev–Trinajstić information content (AvgIpc) is 2.47. The third-order valence-corrected chi connectivity index (χ3v) is 4.62. The van der Waals surface area contributed by atoms with Gasteiger partial charge in [-0.25, -0.2) is 17.8 Å². The number of sulfone groups is 1. The molecule has 2 aromatic heterocycles. The van der Waals surface area contributed by atoms with Crippen molar-refractivity contribution in [2.75, 3.05) is 18.2 Å². The molecule has 6 nitrogen and oxygen atoms in total. The van der Waals surface area contributed by atoms with Crippen LogP contribution in [0.1, 0.15) is 13.3 Å². The molecule has 0 fully saturated rings. The van der Waals surface area contributed by atoms with Gasteiger partial charge in [0.25, 0.3) is 0 Å². The van der Waals surface area contributed by atoms with E-state index in [1.165, 1.54) is 12.3 Å². The Morgan fingerprint density at radius 1 is 1.33 bits per heavy atom. The van der Waals surface area contributed by atoms with Crippen LogP contribution in [0.3, 0.4) is 0 Å². The fourth-order valence-electron chi connectivity index (χ4n) is 2.09. The van der Waals surface area contributed by atoms with Gasteiger partial charge in [0, 0.05) is 42.5 Å². The molecule has 0 radical (unpaired) electrons. The second-order valence-electron chi connectivity index (χ2n) is 5.38. The number of aliphatic hydroxyl groups excluding tert-OH is 1. The molecule has 0 saturated carbocycles. The van der Waals surface area contributed by atoms with Gasteiger partial charge in [-0.2, -0.15) is 0 Å². The molecule has 0 bridgehead atoms. The topological polar surface area (TPSA) is 92.2 Å². The number of nitrogens with one attached hydrogen (secondary N) is 1. The molecule has 0 saturated heterocycles. The number of rotatable bonds is 6. The van der Waals surface area contributed by atoms with Crippen LogP contribution in [0.25, 0.3) is 11.3 Å². The van der Waals surface area contributed by atoms with E-state index >= 15 is 0 Å². The predicted molar refractivity (Wildman–Crippen MR) is 90.3 cm³/mol. The highest BCUT2D eigenvalue weighted by Crippen LogP contribution is 2.31. The SMILES string of the molecule is C[C@@H](CCO)Nc1cc(Cl)ncc1-c1ncc(S(C)(=O)=O)cc1F. The van der Waals surface area contributed by atoms with Crippen molar-refractivity contribution < 1.29 is 17.9 Å². The Labute approximate surface area is 144 Å². The van der Waals surface area contributed by atoms with E-state index in [4.69, 9.17) is 16.7 Å². The Balaban J connectivity index is 2.49. The van der Waals surface area contributed by atoms with Crippen LogP contribution in [0, 0.1) is 5.82 Å². The maximum absolute atomic E-state index is 14.4. The highest BCUT2D eigenvalue weighted by molar-refractivity contribution is 7.90. The third-order valence-electron chi connectivity index (χ3n) is 3.33. The van der Waals surface area contributed by atoms with Crippen LogP contribution < -0.4 is 5.32 Å². The van der Waals surface area contributed by atoms with Gasteiger partial charge in [-0.15, -0.1) is 0 Å². The van der Waals surface area contributed by atoms with Crippen LogP contribution in [0.2, 0.25) is 5.15 Å². The average molecular weight is 374 g/mol. The summed E-state index contributed by atoms with van der Waals surface area (Å²) in [5.41, 5.74) is 0.807. The Hall–Kier alpha value is -1.77. The summed E-state index contributed by atoms with van der Waals surface area (Å²) < 4.78 is 37.4. The first-order valence-electron chi connectivity index (χ1n) is 7.11. The number of aromatic nitrogens is 2. The summed E-state index contributed by atoms with van der Waals surface area (Å²) in [5.74, 6) is -0.778. The molecule has 2 rings (SSSR count). The normalized spacial score (nSPS) is 12.9. The van der Waals surface area contributed by atoms with Crippen LogP contribution >= 0.6 is 11.6 Å². The summed E-state index contributed by atoms with van der Waals surface area (Å²) in [7, 11) is -3.55. The van der Waals surface area contributed by atoms with Crippen molar-refractivity contribution >= 4 is 27.1 Å². The van der Waals surface area contributed by atoms with Gasteiger partial charge in [0.05, 0.1) is 4.90 Å². The maximum Gasteiger partial charge on any atom is 0.177 e. The molecule has 0 amide bonds. The highest BCUT2D eigenvalue weighted by Gasteiger charge is 2.17. The fraction of sp³-hybridized carbons (Fsp3) is 0.333. The van der Waals surface area contributed by atoms with E-state index in [1.54, 1.807) is 0 Å². The molecule has 1 atom stereocenters. The molecule has 0 spiro atoms. The summed E-state index contributed by atoms with van der Waals surface area (Å²) in [5, 5.41) is 12.3. The smallest absolute Gasteiger partial charge is 0.177 e. The minimum atomic E-state index is -3.55. The lowest BCUT2D eigenvalue weighted by Gasteiger charge is -2.17. The second-order valence-corrected chi connectivity index (χ2v) is 7.79. The van der Waals surface area contributed by atoms with Crippen LogP contribution in [0.15, 0.2) is 29.4 Å². The number of halogens is 2. The van der Waals surface area contributed by atoms with Crippen LogP contribution in [-0.2, 0) is 9.84 Å². The minimum absolute atomic E-state index is 0.00200. The first kappa shape index (κ1) is 18.6. The monoisotopic (exact) mass is 373 g/mol.